The smallest absolute Gasteiger partial charge is 0.320 e. The maximum Gasteiger partial charge on any atom is 0.416 e. The number of carbonyl (C=O) groups excluding carboxylic acids is 1. The van der Waals surface area contributed by atoms with Gasteiger partial charge in [-0.2, -0.15) is 18.3 Å². The van der Waals surface area contributed by atoms with Crippen LogP contribution in [0, 0.1) is 0 Å². The molecule has 158 valence electrons. The third kappa shape index (κ3) is 3.56. The lowest BCUT2D eigenvalue weighted by Crippen LogP contribution is -2.19. The van der Waals surface area contributed by atoms with E-state index in [0.29, 0.717) is 16.4 Å². The Hall–Kier alpha value is -3.95. The zero-order valence-corrected chi connectivity index (χ0v) is 16.0. The molecule has 0 unspecified atom stereocenters. The lowest BCUT2D eigenvalue weighted by Gasteiger charge is -2.14. The molecule has 0 radical (unpaired) electrons. The van der Waals surface area contributed by atoms with Gasteiger partial charge in [0.15, 0.2) is 5.83 Å². The van der Waals surface area contributed by atoms with Crippen LogP contribution in [0.5, 0.6) is 0 Å². The molecule has 1 amide bonds. The number of aromatic nitrogens is 3. The van der Waals surface area contributed by atoms with Crippen molar-refractivity contribution in [3.63, 3.8) is 0 Å². The first-order valence-electron chi connectivity index (χ1n) is 8.92. The molecule has 0 aliphatic heterocycles. The maximum atomic E-state index is 13.1. The largest absolute Gasteiger partial charge is 0.416 e. The Balaban J connectivity index is 1.98. The summed E-state index contributed by atoms with van der Waals surface area (Å²) in [7, 11) is 1.62. The molecule has 2 aromatic carbocycles. The van der Waals surface area contributed by atoms with Gasteiger partial charge >= 0.3 is 6.18 Å². The summed E-state index contributed by atoms with van der Waals surface area (Å²) in [5, 5.41) is 7.30. The summed E-state index contributed by atoms with van der Waals surface area (Å²) in [5.74, 6) is -2.19. The number of hydrogen-bond donors (Lipinski definition) is 1. The molecular formula is C21H14F4N4O2. The quantitative estimate of drug-likeness (QED) is 0.389. The number of nitrogens with zero attached hydrogens (tertiary/aromatic N) is 3. The minimum atomic E-state index is -4.51. The summed E-state index contributed by atoms with van der Waals surface area (Å²) in [4.78, 5) is 24.8. The molecule has 1 N–H and O–H groups in total. The molecule has 0 saturated carbocycles. The van der Waals surface area contributed by atoms with Gasteiger partial charge in [-0.1, -0.05) is 6.58 Å². The molecule has 4 rings (SSSR count). The van der Waals surface area contributed by atoms with Gasteiger partial charge in [0.25, 0.3) is 11.5 Å². The van der Waals surface area contributed by atoms with E-state index in [-0.39, 0.29) is 16.8 Å². The van der Waals surface area contributed by atoms with E-state index < -0.39 is 29.0 Å². The summed E-state index contributed by atoms with van der Waals surface area (Å²) in [5.41, 5.74) is -0.158. The van der Waals surface area contributed by atoms with Crippen LogP contribution in [-0.2, 0) is 18.0 Å². The highest BCUT2D eigenvalue weighted by atomic mass is 19.4. The predicted octanol–water partition coefficient (Wildman–Crippen LogP) is 4.32. The Morgan fingerprint density at radius 3 is 2.39 bits per heavy atom. The van der Waals surface area contributed by atoms with Crippen molar-refractivity contribution < 1.29 is 22.4 Å². The molecule has 2 heterocycles. The summed E-state index contributed by atoms with van der Waals surface area (Å²) < 4.78 is 54.5. The Morgan fingerprint density at radius 1 is 1.10 bits per heavy atom. The van der Waals surface area contributed by atoms with Crippen LogP contribution in [0.2, 0.25) is 0 Å². The van der Waals surface area contributed by atoms with E-state index in [2.05, 4.69) is 17.0 Å². The number of anilines is 1. The van der Waals surface area contributed by atoms with Crippen molar-refractivity contribution in [2.24, 2.45) is 7.05 Å². The Morgan fingerprint density at radius 2 is 1.77 bits per heavy atom. The lowest BCUT2D eigenvalue weighted by atomic mass is 10.1. The highest BCUT2D eigenvalue weighted by molar-refractivity contribution is 6.07. The van der Waals surface area contributed by atoms with Gasteiger partial charge in [0.05, 0.1) is 16.5 Å². The number of rotatable bonds is 3. The molecule has 0 saturated heterocycles. The van der Waals surface area contributed by atoms with Crippen LogP contribution in [0.1, 0.15) is 5.56 Å². The number of hydrogen-bond acceptors (Lipinski definition) is 3. The highest BCUT2D eigenvalue weighted by Gasteiger charge is 2.30. The van der Waals surface area contributed by atoms with Crippen molar-refractivity contribution in [2.75, 3.05) is 5.32 Å². The molecule has 0 aliphatic carbocycles. The number of alkyl halides is 3. The molecule has 2 aromatic heterocycles. The number of carbonyl (C=O) groups is 1. The average Bonchev–Trinajstić information content (AvgIpc) is 3.10. The van der Waals surface area contributed by atoms with Crippen LogP contribution in [0.4, 0.5) is 23.2 Å². The molecule has 0 aliphatic rings. The monoisotopic (exact) mass is 430 g/mol. The number of fused-ring (bicyclic) bond motifs is 3. The molecule has 10 heteroatoms. The fourth-order valence-electron chi connectivity index (χ4n) is 3.33. The van der Waals surface area contributed by atoms with Crippen molar-refractivity contribution in [1.82, 2.24) is 14.3 Å². The lowest BCUT2D eigenvalue weighted by molar-refractivity contribution is -0.137. The molecule has 4 aromatic rings. The molecule has 0 atom stereocenters. The number of nitrogens with one attached hydrogen (secondary N) is 1. The number of halogens is 4. The van der Waals surface area contributed by atoms with Gasteiger partial charge in [-0.25, -0.2) is 4.39 Å². The Kier molecular flexibility index (Phi) is 4.64. The topological polar surface area (TPSA) is 68.9 Å². The second kappa shape index (κ2) is 7.08. The van der Waals surface area contributed by atoms with E-state index in [1.807, 2.05) is 0 Å². The second-order valence-corrected chi connectivity index (χ2v) is 6.84. The van der Waals surface area contributed by atoms with Crippen LogP contribution >= 0.6 is 0 Å². The molecule has 0 fully saturated rings. The van der Waals surface area contributed by atoms with Gasteiger partial charge in [0, 0.05) is 30.0 Å². The summed E-state index contributed by atoms with van der Waals surface area (Å²) in [6, 6.07) is 8.64. The minimum Gasteiger partial charge on any atom is -0.320 e. The number of benzene rings is 2. The van der Waals surface area contributed by atoms with Crippen LogP contribution in [0.25, 0.3) is 27.5 Å². The Labute approximate surface area is 172 Å². The van der Waals surface area contributed by atoms with Gasteiger partial charge in [0.2, 0.25) is 0 Å². The van der Waals surface area contributed by atoms with Gasteiger partial charge in [-0.05, 0) is 42.5 Å². The van der Waals surface area contributed by atoms with Gasteiger partial charge in [0.1, 0.15) is 5.52 Å². The van der Waals surface area contributed by atoms with Gasteiger partial charge < -0.3 is 5.32 Å². The minimum absolute atomic E-state index is 0.225. The number of aryl methyl sites for hydroxylation is 1. The van der Waals surface area contributed by atoms with E-state index in [9.17, 15) is 27.2 Å². The molecule has 31 heavy (non-hydrogen) atoms. The summed E-state index contributed by atoms with van der Waals surface area (Å²) in [6.45, 7) is 2.94. The SMILES string of the molecule is C=C(F)C(=O)Nc1ccc2c(c1)c1nn(C)cc1c(=O)n2-c1ccc(C(F)(F)F)cc1. The first-order valence-corrected chi connectivity index (χ1v) is 8.92. The maximum absolute atomic E-state index is 13.1. The van der Waals surface area contributed by atoms with Gasteiger partial charge in [-0.3, -0.25) is 18.8 Å². The first kappa shape index (κ1) is 20.3. The van der Waals surface area contributed by atoms with Crippen LogP contribution in [-0.4, -0.2) is 20.3 Å². The van der Waals surface area contributed by atoms with Crippen molar-refractivity contribution in [1.29, 1.82) is 0 Å². The summed E-state index contributed by atoms with van der Waals surface area (Å²) in [6.07, 6.45) is -3.02. The van der Waals surface area contributed by atoms with E-state index in [0.717, 1.165) is 12.1 Å². The van der Waals surface area contributed by atoms with Crippen molar-refractivity contribution in [3.8, 4) is 5.69 Å². The van der Waals surface area contributed by atoms with Crippen molar-refractivity contribution >= 4 is 33.4 Å². The standard InChI is InChI=1S/C21H14F4N4O2/c1-11(22)19(30)26-13-5-8-17-15(9-13)18-16(10-28(2)27-18)20(31)29(17)14-6-3-12(4-7-14)21(23,24)25/h3-10H,1H2,2H3,(H,26,30). The zero-order valence-electron chi connectivity index (χ0n) is 16.0. The molecule has 6 nitrogen and oxygen atoms in total. The first-order chi connectivity index (χ1) is 14.6. The van der Waals surface area contributed by atoms with Crippen LogP contribution in [0.15, 0.2) is 65.9 Å². The van der Waals surface area contributed by atoms with Crippen molar-refractivity contribution in [3.05, 3.63) is 77.0 Å². The third-order valence-electron chi connectivity index (χ3n) is 4.71. The number of amides is 1. The fourth-order valence-corrected chi connectivity index (χ4v) is 3.33. The Bertz CT molecular complexity index is 1420. The normalized spacial score (nSPS) is 11.8. The van der Waals surface area contributed by atoms with E-state index >= 15 is 0 Å². The van der Waals surface area contributed by atoms with E-state index in [1.54, 1.807) is 7.05 Å². The van der Waals surface area contributed by atoms with Crippen LogP contribution < -0.4 is 10.9 Å². The van der Waals surface area contributed by atoms with E-state index in [4.69, 9.17) is 0 Å². The van der Waals surface area contributed by atoms with Crippen LogP contribution in [0.3, 0.4) is 0 Å². The third-order valence-corrected chi connectivity index (χ3v) is 4.71. The number of pyridine rings is 1. The molecule has 0 spiro atoms. The van der Waals surface area contributed by atoms with Crippen molar-refractivity contribution in [2.45, 2.75) is 6.18 Å². The summed E-state index contributed by atoms with van der Waals surface area (Å²) >= 11 is 0. The highest BCUT2D eigenvalue weighted by Crippen LogP contribution is 2.31. The fraction of sp³-hybridized carbons (Fsp3) is 0.0952. The predicted molar refractivity (Wildman–Crippen MR) is 108 cm³/mol. The molecular weight excluding hydrogens is 416 g/mol. The van der Waals surface area contributed by atoms with E-state index in [1.165, 1.54) is 45.8 Å². The average molecular weight is 430 g/mol. The molecule has 0 bridgehead atoms. The second-order valence-electron chi connectivity index (χ2n) is 6.84. The zero-order chi connectivity index (χ0) is 22.5. The van der Waals surface area contributed by atoms with Gasteiger partial charge in [-0.15, -0.1) is 0 Å².